The van der Waals surface area contributed by atoms with E-state index in [-0.39, 0.29) is 0 Å². The van der Waals surface area contributed by atoms with Gasteiger partial charge in [0.15, 0.2) is 0 Å². The van der Waals surface area contributed by atoms with Crippen molar-refractivity contribution in [2.24, 2.45) is 0 Å². The van der Waals surface area contributed by atoms with Crippen molar-refractivity contribution >= 4 is 22.1 Å². The number of benzene rings is 1. The van der Waals surface area contributed by atoms with Crippen molar-refractivity contribution in [1.29, 1.82) is 0 Å². The Morgan fingerprint density at radius 2 is 2.09 bits per heavy atom. The van der Waals surface area contributed by atoms with Crippen LogP contribution in [-0.2, 0) is 0 Å². The number of thiophene rings is 1. The second-order valence-electron chi connectivity index (χ2n) is 2.32. The highest BCUT2D eigenvalue weighted by molar-refractivity contribution is 7.11. The lowest BCUT2D eigenvalue weighted by Gasteiger charge is -1.89. The van der Waals surface area contributed by atoms with Gasteiger partial charge in [-0.2, -0.15) is 0 Å². The molecule has 55 valence electrons. The van der Waals surface area contributed by atoms with Gasteiger partial charge in [-0.3, -0.25) is 0 Å². The molecule has 11 heavy (non-hydrogen) atoms. The molecule has 2 aromatic rings. The molecule has 1 heterocycles. The average Bonchev–Trinajstić information content (AvgIpc) is 2.47. The van der Waals surface area contributed by atoms with Crippen LogP contribution in [0.15, 0.2) is 29.6 Å². The second kappa shape index (κ2) is 2.64. The molecule has 1 radical (unpaired) electrons. The van der Waals surface area contributed by atoms with E-state index in [1.165, 1.54) is 5.39 Å². The largest absolute Gasteiger partial charge is 0.384 e. The van der Waals surface area contributed by atoms with Crippen molar-refractivity contribution in [2.45, 2.75) is 0 Å². The first-order valence-electron chi connectivity index (χ1n) is 3.35. The molecular weight excluding hydrogens is 156 g/mol. The smallest absolute Gasteiger partial charge is 0.120 e. The van der Waals surface area contributed by atoms with Gasteiger partial charge in [-0.25, -0.2) is 0 Å². The summed E-state index contributed by atoms with van der Waals surface area (Å²) in [7, 11) is 0. The van der Waals surface area contributed by atoms with Crippen LogP contribution >= 0.6 is 11.3 Å². The zero-order valence-electron chi connectivity index (χ0n) is 5.82. The van der Waals surface area contributed by atoms with Gasteiger partial charge in [-0.15, -0.1) is 11.3 Å². The summed E-state index contributed by atoms with van der Waals surface area (Å²) in [5.74, 6) is 0. The Labute approximate surface area is 68.9 Å². The molecule has 0 aliphatic carbocycles. The van der Waals surface area contributed by atoms with Crippen molar-refractivity contribution in [2.75, 3.05) is 0 Å². The molecule has 0 bridgehead atoms. The molecule has 0 atom stereocenters. The number of hydrogen-bond acceptors (Lipinski definition) is 2. The summed E-state index contributed by atoms with van der Waals surface area (Å²) in [6.07, 6.45) is 0. The quantitative estimate of drug-likeness (QED) is 0.685. The van der Waals surface area contributed by atoms with Gasteiger partial charge < -0.3 is 5.11 Å². The molecule has 0 aliphatic heterocycles. The molecule has 0 amide bonds. The Balaban J connectivity index is 2.76. The molecule has 0 saturated carbocycles. The Kier molecular flexibility index (Phi) is 1.64. The summed E-state index contributed by atoms with van der Waals surface area (Å²) in [5.41, 5.74) is 0. The standard InChI is InChI=1S/C9H7OS/c10-5-9-8-4-2-1-3-7(8)6-11-9/h1-6,10H. The maximum absolute atomic E-state index is 8.81. The number of fused-ring (bicyclic) bond motifs is 1. The van der Waals surface area contributed by atoms with Gasteiger partial charge in [-0.05, 0) is 16.2 Å². The zero-order valence-corrected chi connectivity index (χ0v) is 6.64. The lowest BCUT2D eigenvalue weighted by molar-refractivity contribution is 0.419. The first-order chi connectivity index (χ1) is 5.42. The van der Waals surface area contributed by atoms with E-state index in [1.807, 2.05) is 29.6 Å². The van der Waals surface area contributed by atoms with Gasteiger partial charge in [0.1, 0.15) is 6.61 Å². The van der Waals surface area contributed by atoms with Crippen LogP contribution in [0, 0.1) is 6.61 Å². The molecule has 1 N–H and O–H groups in total. The van der Waals surface area contributed by atoms with Gasteiger partial charge in [0, 0.05) is 4.88 Å². The Morgan fingerprint density at radius 3 is 2.91 bits per heavy atom. The fourth-order valence-corrected chi connectivity index (χ4v) is 1.95. The molecule has 0 aliphatic rings. The van der Waals surface area contributed by atoms with Crippen molar-refractivity contribution in [3.8, 4) is 0 Å². The summed E-state index contributed by atoms with van der Waals surface area (Å²) in [4.78, 5) is 0.931. The highest BCUT2D eigenvalue weighted by Crippen LogP contribution is 2.25. The van der Waals surface area contributed by atoms with Gasteiger partial charge in [0.05, 0.1) is 0 Å². The molecule has 2 rings (SSSR count). The average molecular weight is 163 g/mol. The zero-order chi connectivity index (χ0) is 7.68. The first kappa shape index (κ1) is 6.83. The van der Waals surface area contributed by atoms with Crippen LogP contribution in [0.4, 0.5) is 0 Å². The summed E-state index contributed by atoms with van der Waals surface area (Å²) in [5, 5.41) is 13.2. The Hall–Kier alpha value is -0.860. The van der Waals surface area contributed by atoms with Crippen LogP contribution in [0.2, 0.25) is 0 Å². The summed E-state index contributed by atoms with van der Waals surface area (Å²) < 4.78 is 0. The minimum atomic E-state index is 0.931. The van der Waals surface area contributed by atoms with E-state index >= 15 is 0 Å². The van der Waals surface area contributed by atoms with Crippen LogP contribution in [0.1, 0.15) is 4.88 Å². The van der Waals surface area contributed by atoms with E-state index < -0.39 is 0 Å². The predicted octanol–water partition coefficient (Wildman–Crippen LogP) is 2.78. The Morgan fingerprint density at radius 1 is 1.27 bits per heavy atom. The minimum Gasteiger partial charge on any atom is -0.384 e. The molecule has 0 fully saturated rings. The highest BCUT2D eigenvalue weighted by Gasteiger charge is 2.00. The topological polar surface area (TPSA) is 20.2 Å². The third-order valence-corrected chi connectivity index (χ3v) is 2.61. The lowest BCUT2D eigenvalue weighted by atomic mass is 10.2. The van der Waals surface area contributed by atoms with Crippen LogP contribution in [0.5, 0.6) is 0 Å². The third kappa shape index (κ3) is 1.04. The van der Waals surface area contributed by atoms with Crippen molar-refractivity contribution in [3.63, 3.8) is 0 Å². The van der Waals surface area contributed by atoms with Crippen molar-refractivity contribution in [1.82, 2.24) is 0 Å². The molecule has 2 heteroatoms. The number of rotatable bonds is 1. The monoisotopic (exact) mass is 163 g/mol. The fraction of sp³-hybridized carbons (Fsp3) is 0. The molecule has 0 saturated heterocycles. The normalized spacial score (nSPS) is 10.6. The van der Waals surface area contributed by atoms with E-state index in [0.717, 1.165) is 16.9 Å². The molecule has 1 aromatic carbocycles. The van der Waals surface area contributed by atoms with Crippen molar-refractivity contribution < 1.29 is 5.11 Å². The van der Waals surface area contributed by atoms with Gasteiger partial charge >= 0.3 is 0 Å². The lowest BCUT2D eigenvalue weighted by Crippen LogP contribution is -1.71. The maximum atomic E-state index is 8.81. The van der Waals surface area contributed by atoms with E-state index in [4.69, 9.17) is 5.11 Å². The predicted molar refractivity (Wildman–Crippen MR) is 47.2 cm³/mol. The van der Waals surface area contributed by atoms with E-state index in [2.05, 4.69) is 0 Å². The SMILES string of the molecule is O[CH]c1scc2ccccc12. The molecule has 1 aromatic heterocycles. The molecule has 0 unspecified atom stereocenters. The van der Waals surface area contributed by atoms with Crippen LogP contribution in [0.3, 0.4) is 0 Å². The molecule has 0 spiro atoms. The summed E-state index contributed by atoms with van der Waals surface area (Å²) >= 11 is 1.56. The number of hydrogen-bond donors (Lipinski definition) is 1. The summed E-state index contributed by atoms with van der Waals surface area (Å²) in [6.45, 7) is 1.16. The molecular formula is C9H7OS. The van der Waals surface area contributed by atoms with Crippen LogP contribution < -0.4 is 0 Å². The van der Waals surface area contributed by atoms with Crippen molar-refractivity contribution in [3.05, 3.63) is 41.1 Å². The van der Waals surface area contributed by atoms with Gasteiger partial charge in [-0.1, -0.05) is 24.3 Å². The first-order valence-corrected chi connectivity index (χ1v) is 4.23. The Bertz CT molecular complexity index is 364. The number of aliphatic hydroxyl groups excluding tert-OH is 1. The second-order valence-corrected chi connectivity index (χ2v) is 3.23. The maximum Gasteiger partial charge on any atom is 0.120 e. The van der Waals surface area contributed by atoms with E-state index in [9.17, 15) is 0 Å². The van der Waals surface area contributed by atoms with E-state index in [1.54, 1.807) is 11.3 Å². The van der Waals surface area contributed by atoms with Crippen LogP contribution in [-0.4, -0.2) is 5.11 Å². The van der Waals surface area contributed by atoms with Gasteiger partial charge in [0.2, 0.25) is 0 Å². The molecule has 1 nitrogen and oxygen atoms in total. The fourth-order valence-electron chi connectivity index (χ4n) is 1.11. The third-order valence-electron chi connectivity index (χ3n) is 1.66. The minimum absolute atomic E-state index is 0.931. The number of aliphatic hydroxyl groups is 1. The summed E-state index contributed by atoms with van der Waals surface area (Å²) in [6, 6.07) is 8.02. The van der Waals surface area contributed by atoms with Crippen LogP contribution in [0.25, 0.3) is 10.8 Å². The van der Waals surface area contributed by atoms with Gasteiger partial charge in [0.25, 0.3) is 0 Å². The van der Waals surface area contributed by atoms with E-state index in [0.29, 0.717) is 0 Å². The highest BCUT2D eigenvalue weighted by atomic mass is 32.1.